The molecule has 1 unspecified atom stereocenters. The zero-order valence-electron chi connectivity index (χ0n) is 21.3. The second kappa shape index (κ2) is 9.38. The molecule has 39 heavy (non-hydrogen) atoms. The van der Waals surface area contributed by atoms with Crippen LogP contribution < -0.4 is 15.0 Å². The number of fused-ring (bicyclic) bond motifs is 6. The molecule has 12 heteroatoms. The van der Waals surface area contributed by atoms with Gasteiger partial charge in [0.15, 0.2) is 24.2 Å². The van der Waals surface area contributed by atoms with Crippen LogP contribution in [0.25, 0.3) is 22.3 Å². The molecule has 0 saturated heterocycles. The van der Waals surface area contributed by atoms with E-state index in [0.717, 1.165) is 16.5 Å². The van der Waals surface area contributed by atoms with Crippen LogP contribution in [0.3, 0.4) is 0 Å². The Balaban J connectivity index is 1.46. The predicted molar refractivity (Wildman–Crippen MR) is 134 cm³/mol. The zero-order chi connectivity index (χ0) is 27.4. The van der Waals surface area contributed by atoms with Crippen molar-refractivity contribution in [3.63, 3.8) is 0 Å². The molecule has 5 heterocycles. The number of benzene rings is 1. The number of aliphatic hydroxyl groups excluding tert-OH is 1. The van der Waals surface area contributed by atoms with E-state index in [0.29, 0.717) is 47.9 Å². The van der Waals surface area contributed by atoms with Gasteiger partial charge in [0.1, 0.15) is 6.61 Å². The third-order valence-electron chi connectivity index (χ3n) is 7.33. The lowest BCUT2D eigenvalue weighted by Crippen LogP contribution is -2.36. The van der Waals surface area contributed by atoms with E-state index in [1.165, 1.54) is 6.92 Å². The Morgan fingerprint density at radius 1 is 1.15 bits per heavy atom. The molecule has 0 aliphatic carbocycles. The standard InChI is InChI=1S/C27H25N3O9/c1-3-29(23(32)11-36-13(2)31)5-4-14-15-7-21-22(39-12-38-21)8-19(15)28-24-17(14)9-30-20(24)6-16-18(26(30)34)10-37-27(35)25(16)33/h6-8,25,33H,3-5,9-12H2,1-2H3. The molecule has 12 nitrogen and oxygen atoms in total. The summed E-state index contributed by atoms with van der Waals surface area (Å²) < 4.78 is 22.6. The van der Waals surface area contributed by atoms with Crippen molar-refractivity contribution >= 4 is 28.7 Å². The lowest BCUT2D eigenvalue weighted by molar-refractivity contribution is -0.157. The Kier molecular flexibility index (Phi) is 5.98. The number of aromatic nitrogens is 2. The summed E-state index contributed by atoms with van der Waals surface area (Å²) in [5, 5.41) is 11.2. The van der Waals surface area contributed by atoms with Crippen LogP contribution in [-0.2, 0) is 43.4 Å². The lowest BCUT2D eigenvalue weighted by atomic mass is 9.96. The van der Waals surface area contributed by atoms with Gasteiger partial charge in [-0.3, -0.25) is 14.4 Å². The quantitative estimate of drug-likeness (QED) is 0.357. The molecule has 6 rings (SSSR count). The van der Waals surface area contributed by atoms with Gasteiger partial charge < -0.3 is 33.5 Å². The Bertz CT molecular complexity index is 1630. The van der Waals surface area contributed by atoms with Crippen molar-refractivity contribution in [2.45, 2.75) is 39.5 Å². The van der Waals surface area contributed by atoms with Gasteiger partial charge in [0.2, 0.25) is 6.79 Å². The third kappa shape index (κ3) is 4.07. The molecular weight excluding hydrogens is 510 g/mol. The van der Waals surface area contributed by atoms with Crippen molar-refractivity contribution in [1.29, 1.82) is 0 Å². The van der Waals surface area contributed by atoms with E-state index >= 15 is 0 Å². The summed E-state index contributed by atoms with van der Waals surface area (Å²) >= 11 is 0. The number of rotatable bonds is 6. The molecule has 1 atom stereocenters. The van der Waals surface area contributed by atoms with E-state index in [-0.39, 0.29) is 49.1 Å². The van der Waals surface area contributed by atoms with E-state index in [1.807, 2.05) is 13.0 Å². The van der Waals surface area contributed by atoms with Gasteiger partial charge in [0.25, 0.3) is 11.5 Å². The SMILES string of the molecule is CCN(CCc1c2c(nc3cc4c(cc13)OCO4)-c1cc3c(c(=O)n1C2)COC(=O)C3O)C(=O)COC(C)=O. The Morgan fingerprint density at radius 3 is 2.67 bits per heavy atom. The van der Waals surface area contributed by atoms with Crippen molar-refractivity contribution < 1.29 is 38.4 Å². The summed E-state index contributed by atoms with van der Waals surface area (Å²) in [5.41, 5.74) is 3.42. The van der Waals surface area contributed by atoms with E-state index < -0.39 is 18.0 Å². The number of amides is 1. The average molecular weight is 536 g/mol. The van der Waals surface area contributed by atoms with Gasteiger partial charge in [-0.1, -0.05) is 0 Å². The van der Waals surface area contributed by atoms with Crippen LogP contribution in [0.5, 0.6) is 11.5 Å². The van der Waals surface area contributed by atoms with Crippen molar-refractivity contribution in [3.8, 4) is 22.9 Å². The number of pyridine rings is 2. The predicted octanol–water partition coefficient (Wildman–Crippen LogP) is 1.20. The van der Waals surface area contributed by atoms with E-state index in [1.54, 1.807) is 21.6 Å². The fraction of sp³-hybridized carbons (Fsp3) is 0.370. The second-order valence-corrected chi connectivity index (χ2v) is 9.51. The summed E-state index contributed by atoms with van der Waals surface area (Å²) in [4.78, 5) is 55.7. The largest absolute Gasteiger partial charge is 0.458 e. The van der Waals surface area contributed by atoms with Crippen LogP contribution in [0, 0.1) is 0 Å². The molecule has 1 aromatic carbocycles. The normalized spacial score (nSPS) is 16.4. The van der Waals surface area contributed by atoms with Crippen LogP contribution in [0.1, 0.15) is 42.2 Å². The minimum absolute atomic E-state index is 0.0906. The molecular formula is C27H25N3O9. The molecule has 1 N–H and O–H groups in total. The Labute approximate surface area is 221 Å². The molecule has 1 amide bonds. The summed E-state index contributed by atoms with van der Waals surface area (Å²) in [7, 11) is 0. The fourth-order valence-corrected chi connectivity index (χ4v) is 5.34. The van der Waals surface area contributed by atoms with Crippen LogP contribution in [-0.4, -0.2) is 63.9 Å². The molecule has 0 bridgehead atoms. The summed E-state index contributed by atoms with van der Waals surface area (Å²) in [6.07, 6.45) is -1.13. The number of hydrogen-bond acceptors (Lipinski definition) is 10. The first-order valence-corrected chi connectivity index (χ1v) is 12.5. The number of carbonyl (C=O) groups excluding carboxylic acids is 3. The molecule has 0 saturated carbocycles. The minimum atomic E-state index is -1.55. The lowest BCUT2D eigenvalue weighted by Gasteiger charge is -2.22. The molecule has 3 aliphatic heterocycles. The van der Waals surface area contributed by atoms with E-state index in [2.05, 4.69) is 0 Å². The van der Waals surface area contributed by atoms with Gasteiger partial charge in [-0.25, -0.2) is 9.78 Å². The molecule has 0 radical (unpaired) electrons. The minimum Gasteiger partial charge on any atom is -0.458 e. The van der Waals surface area contributed by atoms with Gasteiger partial charge in [-0.05, 0) is 31.0 Å². The number of aliphatic hydroxyl groups is 1. The van der Waals surface area contributed by atoms with Crippen LogP contribution in [0.2, 0.25) is 0 Å². The highest BCUT2D eigenvalue weighted by Crippen LogP contribution is 2.42. The number of ether oxygens (including phenoxy) is 4. The number of esters is 2. The molecule has 0 spiro atoms. The van der Waals surface area contributed by atoms with E-state index in [9.17, 15) is 24.3 Å². The summed E-state index contributed by atoms with van der Waals surface area (Å²) in [6, 6.07) is 5.25. The smallest absolute Gasteiger partial charge is 0.340 e. The topological polar surface area (TPSA) is 146 Å². The summed E-state index contributed by atoms with van der Waals surface area (Å²) in [6.45, 7) is 3.60. The maximum atomic E-state index is 13.4. The number of nitrogens with zero attached hydrogens (tertiary/aromatic N) is 3. The van der Waals surface area contributed by atoms with Crippen molar-refractivity contribution in [1.82, 2.24) is 14.5 Å². The van der Waals surface area contributed by atoms with Crippen molar-refractivity contribution in [3.05, 3.63) is 50.8 Å². The average Bonchev–Trinajstić information content (AvgIpc) is 3.53. The Morgan fingerprint density at radius 2 is 1.92 bits per heavy atom. The van der Waals surface area contributed by atoms with Gasteiger partial charge in [0.05, 0.1) is 29.0 Å². The highest BCUT2D eigenvalue weighted by atomic mass is 16.7. The number of hydrogen-bond donors (Lipinski definition) is 1. The molecule has 202 valence electrons. The maximum Gasteiger partial charge on any atom is 0.340 e. The second-order valence-electron chi connectivity index (χ2n) is 9.51. The maximum absolute atomic E-state index is 13.4. The van der Waals surface area contributed by atoms with Gasteiger partial charge in [0, 0.05) is 42.6 Å². The van der Waals surface area contributed by atoms with Crippen LogP contribution >= 0.6 is 0 Å². The van der Waals surface area contributed by atoms with Gasteiger partial charge in [-0.15, -0.1) is 0 Å². The first-order valence-electron chi connectivity index (χ1n) is 12.5. The number of carbonyl (C=O) groups is 3. The van der Waals surface area contributed by atoms with Crippen LogP contribution in [0.15, 0.2) is 23.0 Å². The number of cyclic esters (lactones) is 1. The molecule has 3 aromatic rings. The highest BCUT2D eigenvalue weighted by molar-refractivity contribution is 5.91. The first-order chi connectivity index (χ1) is 18.8. The molecule has 0 fully saturated rings. The Hall–Kier alpha value is -4.45. The monoisotopic (exact) mass is 535 g/mol. The zero-order valence-corrected chi connectivity index (χ0v) is 21.3. The molecule has 2 aromatic heterocycles. The summed E-state index contributed by atoms with van der Waals surface area (Å²) in [5.74, 6) is -0.525. The number of likely N-dealkylation sites (N-methyl/N-ethyl adjacent to an activating group) is 1. The fourth-order valence-electron chi connectivity index (χ4n) is 5.34. The highest BCUT2D eigenvalue weighted by Gasteiger charge is 2.35. The van der Waals surface area contributed by atoms with Crippen LogP contribution in [0.4, 0.5) is 0 Å². The van der Waals surface area contributed by atoms with Gasteiger partial charge in [-0.2, -0.15) is 0 Å². The molecule has 3 aliphatic rings. The first kappa shape index (κ1) is 24.9. The van der Waals surface area contributed by atoms with Crippen molar-refractivity contribution in [2.75, 3.05) is 26.5 Å². The third-order valence-corrected chi connectivity index (χ3v) is 7.33. The van der Waals surface area contributed by atoms with Crippen molar-refractivity contribution in [2.24, 2.45) is 0 Å². The van der Waals surface area contributed by atoms with E-state index in [4.69, 9.17) is 23.9 Å². The van der Waals surface area contributed by atoms with Gasteiger partial charge >= 0.3 is 11.9 Å².